The van der Waals surface area contributed by atoms with Gasteiger partial charge >= 0.3 is 0 Å². The molecule has 1 aliphatic rings. The third-order valence-corrected chi connectivity index (χ3v) is 8.77. The molecule has 1 aliphatic heterocycles. The third-order valence-electron chi connectivity index (χ3n) is 5.91. The van der Waals surface area contributed by atoms with Crippen molar-refractivity contribution < 1.29 is 22.8 Å². The van der Waals surface area contributed by atoms with Crippen LogP contribution in [0.1, 0.15) is 18.9 Å². The predicted octanol–water partition coefficient (Wildman–Crippen LogP) is 5.17. The Morgan fingerprint density at radius 1 is 1.00 bits per heavy atom. The molecule has 1 N–H and O–H groups in total. The summed E-state index contributed by atoms with van der Waals surface area (Å²) in [7, 11) is -4.36. The molecule has 1 saturated heterocycles. The van der Waals surface area contributed by atoms with Crippen molar-refractivity contribution in [1.82, 2.24) is 4.31 Å². The van der Waals surface area contributed by atoms with Crippen molar-refractivity contribution in [3.8, 4) is 0 Å². The fourth-order valence-corrected chi connectivity index (χ4v) is 6.72. The number of halogens is 3. The molecule has 0 bridgehead atoms. The number of benzene rings is 3. The Hall–Kier alpha value is -2.95. The van der Waals surface area contributed by atoms with Gasteiger partial charge in [0, 0.05) is 29.2 Å². The monoisotopic (exact) mass is 593 g/mol. The Morgan fingerprint density at radius 2 is 1.68 bits per heavy atom. The number of hydrogen-bond donors (Lipinski definition) is 1. The van der Waals surface area contributed by atoms with Gasteiger partial charge in [-0.2, -0.15) is 4.31 Å². The lowest BCUT2D eigenvalue weighted by Crippen LogP contribution is -2.46. The van der Waals surface area contributed by atoms with Crippen LogP contribution in [-0.2, 0) is 30.8 Å². The van der Waals surface area contributed by atoms with Crippen molar-refractivity contribution in [3.63, 3.8) is 0 Å². The van der Waals surface area contributed by atoms with E-state index in [2.05, 4.69) is 5.32 Å². The van der Waals surface area contributed by atoms with Crippen molar-refractivity contribution in [3.05, 3.63) is 87.4 Å². The van der Waals surface area contributed by atoms with E-state index in [-0.39, 0.29) is 45.9 Å². The number of carbonyl (C=O) groups is 3. The van der Waals surface area contributed by atoms with Gasteiger partial charge in [0.25, 0.3) is 5.91 Å². The maximum atomic E-state index is 13.9. The van der Waals surface area contributed by atoms with Crippen LogP contribution in [0.4, 0.5) is 11.4 Å². The molecule has 0 aromatic heterocycles. The minimum absolute atomic E-state index is 0.0654. The van der Waals surface area contributed by atoms with E-state index in [1.165, 1.54) is 37.3 Å². The highest BCUT2D eigenvalue weighted by Crippen LogP contribution is 2.33. The highest BCUT2D eigenvalue weighted by atomic mass is 35.5. The fraction of sp³-hybridized carbons (Fsp3) is 0.192. The number of amides is 3. The molecule has 0 radical (unpaired) electrons. The van der Waals surface area contributed by atoms with Gasteiger partial charge in [-0.15, -0.1) is 0 Å². The van der Waals surface area contributed by atoms with Crippen LogP contribution < -0.4 is 10.2 Å². The second kappa shape index (κ2) is 11.4. The second-order valence-electron chi connectivity index (χ2n) is 8.59. The molecule has 1 atom stereocenters. The minimum Gasteiger partial charge on any atom is -0.326 e. The summed E-state index contributed by atoms with van der Waals surface area (Å²) in [6.45, 7) is 1.24. The standard InChI is InChI=1S/C26H22Cl3N3O5S/c1-16(33)30-20-6-8-21(9-7-20)32-25(34)15-23(26(32)35)31(12-11-17-3-2-4-18(27)13-17)38(36,37)24-14-19(28)5-10-22(24)29/h2-10,13-14,23H,11-12,15H2,1H3,(H,30,33). The van der Waals surface area contributed by atoms with Crippen LogP contribution in [0.5, 0.6) is 0 Å². The smallest absolute Gasteiger partial charge is 0.252 e. The van der Waals surface area contributed by atoms with Crippen molar-refractivity contribution >= 4 is 73.9 Å². The second-order valence-corrected chi connectivity index (χ2v) is 11.7. The zero-order valence-electron chi connectivity index (χ0n) is 20.0. The van der Waals surface area contributed by atoms with Gasteiger partial charge in [0.1, 0.15) is 10.9 Å². The maximum Gasteiger partial charge on any atom is 0.252 e. The van der Waals surface area contributed by atoms with Gasteiger partial charge in [0.2, 0.25) is 21.8 Å². The van der Waals surface area contributed by atoms with E-state index >= 15 is 0 Å². The van der Waals surface area contributed by atoms with Gasteiger partial charge in [-0.1, -0.05) is 46.9 Å². The van der Waals surface area contributed by atoms with E-state index in [4.69, 9.17) is 34.8 Å². The van der Waals surface area contributed by atoms with Crippen molar-refractivity contribution in [2.45, 2.75) is 30.7 Å². The van der Waals surface area contributed by atoms with E-state index in [0.29, 0.717) is 10.7 Å². The van der Waals surface area contributed by atoms with Gasteiger partial charge in [0.05, 0.1) is 17.1 Å². The van der Waals surface area contributed by atoms with Crippen LogP contribution >= 0.6 is 34.8 Å². The topological polar surface area (TPSA) is 104 Å². The molecule has 198 valence electrons. The molecule has 3 aromatic carbocycles. The van der Waals surface area contributed by atoms with Gasteiger partial charge in [-0.25, -0.2) is 13.3 Å². The molecule has 3 amide bonds. The Kier molecular flexibility index (Phi) is 8.44. The first-order chi connectivity index (χ1) is 18.0. The molecule has 38 heavy (non-hydrogen) atoms. The number of carbonyl (C=O) groups excluding carboxylic acids is 3. The first kappa shape index (κ1) is 28.1. The Balaban J connectivity index is 1.70. The Labute approximate surface area is 235 Å². The zero-order chi connectivity index (χ0) is 27.6. The normalized spacial score (nSPS) is 15.8. The number of rotatable bonds is 8. The molecule has 1 heterocycles. The lowest BCUT2D eigenvalue weighted by atomic mass is 10.1. The summed E-state index contributed by atoms with van der Waals surface area (Å²) in [5.74, 6) is -1.53. The van der Waals surface area contributed by atoms with E-state index in [1.807, 2.05) is 0 Å². The van der Waals surface area contributed by atoms with E-state index in [1.54, 1.807) is 36.4 Å². The first-order valence-electron chi connectivity index (χ1n) is 11.4. The van der Waals surface area contributed by atoms with Gasteiger partial charge in [-0.05, 0) is 66.6 Å². The summed E-state index contributed by atoms with van der Waals surface area (Å²) in [6, 6.07) is 15.7. The quantitative estimate of drug-likeness (QED) is 0.363. The first-order valence-corrected chi connectivity index (χ1v) is 14.0. The van der Waals surface area contributed by atoms with Crippen LogP contribution in [0.15, 0.2) is 71.6 Å². The largest absolute Gasteiger partial charge is 0.326 e. The molecular formula is C26H22Cl3N3O5S. The summed E-state index contributed by atoms with van der Waals surface area (Å²) in [4.78, 5) is 38.6. The number of imide groups is 1. The fourth-order valence-electron chi connectivity index (χ4n) is 4.19. The molecule has 1 fully saturated rings. The average Bonchev–Trinajstić information content (AvgIpc) is 3.14. The van der Waals surface area contributed by atoms with Crippen LogP contribution in [0.3, 0.4) is 0 Å². The number of nitrogens with zero attached hydrogens (tertiary/aromatic N) is 2. The van der Waals surface area contributed by atoms with Gasteiger partial charge in [0.15, 0.2) is 0 Å². The summed E-state index contributed by atoms with van der Waals surface area (Å²) in [6.07, 6.45) is -0.138. The molecular weight excluding hydrogens is 573 g/mol. The lowest BCUT2D eigenvalue weighted by molar-refractivity contribution is -0.122. The number of anilines is 2. The third kappa shape index (κ3) is 6.03. The van der Waals surface area contributed by atoms with Gasteiger partial charge in [-0.3, -0.25) is 14.4 Å². The molecule has 0 saturated carbocycles. The van der Waals surface area contributed by atoms with E-state index in [9.17, 15) is 22.8 Å². The molecule has 4 rings (SSSR count). The summed E-state index contributed by atoms with van der Waals surface area (Å²) >= 11 is 18.4. The Bertz CT molecular complexity index is 1510. The van der Waals surface area contributed by atoms with Gasteiger partial charge < -0.3 is 5.32 Å². The van der Waals surface area contributed by atoms with Crippen LogP contribution in [0, 0.1) is 0 Å². The molecule has 0 aliphatic carbocycles. The summed E-state index contributed by atoms with van der Waals surface area (Å²) in [5, 5.41) is 3.18. The lowest BCUT2D eigenvalue weighted by Gasteiger charge is -2.27. The number of sulfonamides is 1. The van der Waals surface area contributed by atoms with Crippen LogP contribution in [-0.4, -0.2) is 43.0 Å². The highest BCUT2D eigenvalue weighted by Gasteiger charge is 2.47. The average molecular weight is 595 g/mol. The van der Waals surface area contributed by atoms with E-state index < -0.39 is 27.9 Å². The maximum absolute atomic E-state index is 13.9. The minimum atomic E-state index is -4.36. The van der Waals surface area contributed by atoms with Crippen molar-refractivity contribution in [2.24, 2.45) is 0 Å². The Morgan fingerprint density at radius 3 is 2.34 bits per heavy atom. The summed E-state index contributed by atoms with van der Waals surface area (Å²) < 4.78 is 28.7. The van der Waals surface area contributed by atoms with Crippen LogP contribution in [0.2, 0.25) is 15.1 Å². The summed E-state index contributed by atoms with van der Waals surface area (Å²) in [5.41, 5.74) is 1.49. The molecule has 12 heteroatoms. The zero-order valence-corrected chi connectivity index (χ0v) is 23.1. The molecule has 3 aromatic rings. The SMILES string of the molecule is CC(=O)Nc1ccc(N2C(=O)CC(N(CCc3cccc(Cl)c3)S(=O)(=O)c3cc(Cl)ccc3Cl)C2=O)cc1. The molecule has 8 nitrogen and oxygen atoms in total. The number of nitrogens with one attached hydrogen (secondary N) is 1. The predicted molar refractivity (Wildman–Crippen MR) is 147 cm³/mol. The van der Waals surface area contributed by atoms with E-state index in [0.717, 1.165) is 14.8 Å². The van der Waals surface area contributed by atoms with Crippen molar-refractivity contribution in [1.29, 1.82) is 0 Å². The number of hydrogen-bond acceptors (Lipinski definition) is 5. The van der Waals surface area contributed by atoms with Crippen LogP contribution in [0.25, 0.3) is 0 Å². The highest BCUT2D eigenvalue weighted by molar-refractivity contribution is 7.89. The van der Waals surface area contributed by atoms with Crippen molar-refractivity contribution in [2.75, 3.05) is 16.8 Å². The molecule has 1 unspecified atom stereocenters. The molecule has 0 spiro atoms.